The maximum Gasteiger partial charge on any atom is 0.235 e. The lowest BCUT2D eigenvalue weighted by Gasteiger charge is -2.11. The van der Waals surface area contributed by atoms with Gasteiger partial charge in [0.1, 0.15) is 0 Å². The molecule has 3 heteroatoms. The second-order valence-electron chi connectivity index (χ2n) is 3.43. The average Bonchev–Trinajstić information content (AvgIpc) is 2.28. The van der Waals surface area contributed by atoms with E-state index >= 15 is 0 Å². The fraction of sp³-hybridized carbons (Fsp3) is 0.417. The lowest BCUT2D eigenvalue weighted by Crippen LogP contribution is -2.10. The number of rotatable bonds is 5. The Kier molecular flexibility index (Phi) is 4.75. The molecule has 3 nitrogen and oxygen atoms in total. The van der Waals surface area contributed by atoms with Crippen LogP contribution in [-0.2, 0) is 22.5 Å². The Morgan fingerprint density at radius 2 is 2.07 bits per heavy atom. The minimum atomic E-state index is 0.173. The van der Waals surface area contributed by atoms with E-state index in [4.69, 9.17) is 4.74 Å². The Morgan fingerprint density at radius 1 is 1.40 bits per heavy atom. The molecule has 80 valence electrons. The van der Waals surface area contributed by atoms with Gasteiger partial charge in [0.05, 0.1) is 12.6 Å². The van der Waals surface area contributed by atoms with E-state index < -0.39 is 0 Å². The summed E-state index contributed by atoms with van der Waals surface area (Å²) < 4.78 is 5.21. The van der Waals surface area contributed by atoms with Crippen LogP contribution in [0.1, 0.15) is 18.1 Å². The van der Waals surface area contributed by atoms with Crippen LogP contribution in [0, 0.1) is 0 Å². The molecule has 1 atom stereocenters. The largest absolute Gasteiger partial charge is 0.381 e. The zero-order valence-corrected chi connectivity index (χ0v) is 9.06. The van der Waals surface area contributed by atoms with E-state index in [1.165, 1.54) is 5.56 Å². The number of hydrogen-bond acceptors (Lipinski definition) is 3. The molecule has 0 spiro atoms. The van der Waals surface area contributed by atoms with Crippen molar-refractivity contribution in [3.05, 3.63) is 35.4 Å². The van der Waals surface area contributed by atoms with Crippen molar-refractivity contribution < 1.29 is 9.53 Å². The number of isocyanates is 1. The van der Waals surface area contributed by atoms with Crippen LogP contribution in [0.3, 0.4) is 0 Å². The molecular weight excluding hydrogens is 190 g/mol. The van der Waals surface area contributed by atoms with Crippen molar-refractivity contribution in [1.82, 2.24) is 0 Å². The van der Waals surface area contributed by atoms with Gasteiger partial charge in [-0.15, -0.1) is 0 Å². The number of nitrogens with zero attached hydrogens (tertiary/aromatic N) is 1. The highest BCUT2D eigenvalue weighted by Gasteiger charge is 2.05. The first kappa shape index (κ1) is 11.6. The molecule has 1 rings (SSSR count). The first-order valence-corrected chi connectivity index (χ1v) is 4.91. The van der Waals surface area contributed by atoms with Gasteiger partial charge in [-0.1, -0.05) is 24.3 Å². The normalized spacial score (nSPS) is 11.9. The van der Waals surface area contributed by atoms with Crippen molar-refractivity contribution in [1.29, 1.82) is 0 Å². The maximum absolute atomic E-state index is 10.1. The Hall–Kier alpha value is -1.44. The molecule has 15 heavy (non-hydrogen) atoms. The zero-order chi connectivity index (χ0) is 11.1. The molecule has 0 aliphatic heterocycles. The van der Waals surface area contributed by atoms with Gasteiger partial charge in [-0.2, -0.15) is 0 Å². The van der Waals surface area contributed by atoms with Crippen LogP contribution in [0.5, 0.6) is 0 Å². The van der Waals surface area contributed by atoms with E-state index in [9.17, 15) is 4.79 Å². The quantitative estimate of drug-likeness (QED) is 0.545. The molecule has 0 aliphatic rings. The summed E-state index contributed by atoms with van der Waals surface area (Å²) in [6.07, 6.45) is 2.56. The second kappa shape index (κ2) is 6.12. The molecule has 0 aromatic heterocycles. The van der Waals surface area contributed by atoms with Gasteiger partial charge in [0.15, 0.2) is 0 Å². The number of benzene rings is 1. The molecule has 0 saturated carbocycles. The number of carbonyl (C=O) groups excluding carboxylic acids is 1. The maximum atomic E-state index is 10.1. The molecule has 1 unspecified atom stereocenters. The number of hydrogen-bond donors (Lipinski definition) is 0. The summed E-state index contributed by atoms with van der Waals surface area (Å²) in [6.45, 7) is 2.41. The van der Waals surface area contributed by atoms with E-state index in [2.05, 4.69) is 4.99 Å². The van der Waals surface area contributed by atoms with Crippen molar-refractivity contribution in [2.75, 3.05) is 7.11 Å². The van der Waals surface area contributed by atoms with E-state index in [1.54, 1.807) is 13.2 Å². The van der Waals surface area contributed by atoms with Crippen LogP contribution < -0.4 is 0 Å². The van der Waals surface area contributed by atoms with Crippen LogP contribution in [0.2, 0.25) is 0 Å². The molecule has 0 heterocycles. The predicted molar refractivity (Wildman–Crippen MR) is 58.4 cm³/mol. The van der Waals surface area contributed by atoms with Crippen LogP contribution >= 0.6 is 0 Å². The summed E-state index contributed by atoms with van der Waals surface area (Å²) in [7, 11) is 1.69. The lowest BCUT2D eigenvalue weighted by atomic mass is 10.0. The van der Waals surface area contributed by atoms with Gasteiger partial charge in [-0.25, -0.2) is 9.79 Å². The van der Waals surface area contributed by atoms with Gasteiger partial charge < -0.3 is 4.74 Å². The molecule has 0 N–H and O–H groups in total. The van der Waals surface area contributed by atoms with Crippen LogP contribution in [0.15, 0.2) is 29.3 Å². The predicted octanol–water partition coefficient (Wildman–Crippen LogP) is 2.10. The van der Waals surface area contributed by atoms with Crippen molar-refractivity contribution in [3.8, 4) is 0 Å². The lowest BCUT2D eigenvalue weighted by molar-refractivity contribution is 0.118. The summed E-state index contributed by atoms with van der Waals surface area (Å²) in [5, 5.41) is 0. The average molecular weight is 205 g/mol. The van der Waals surface area contributed by atoms with E-state index in [0.29, 0.717) is 6.54 Å². The van der Waals surface area contributed by atoms with Crippen molar-refractivity contribution in [2.45, 2.75) is 26.0 Å². The SMILES string of the molecule is COC(C)Cc1ccccc1CN=C=O. The van der Waals surface area contributed by atoms with Gasteiger partial charge in [0.2, 0.25) is 6.08 Å². The topological polar surface area (TPSA) is 38.7 Å². The number of methoxy groups -OCH3 is 1. The first-order chi connectivity index (χ1) is 7.27. The van der Waals surface area contributed by atoms with Crippen LogP contribution in [-0.4, -0.2) is 19.3 Å². The fourth-order valence-corrected chi connectivity index (χ4v) is 1.42. The minimum Gasteiger partial charge on any atom is -0.381 e. The smallest absolute Gasteiger partial charge is 0.235 e. The number of aliphatic imine (C=N–C) groups is 1. The molecule has 0 radical (unpaired) electrons. The first-order valence-electron chi connectivity index (χ1n) is 4.91. The molecule has 0 bridgehead atoms. The molecule has 0 aliphatic carbocycles. The highest BCUT2D eigenvalue weighted by molar-refractivity contribution is 5.35. The number of ether oxygens (including phenoxy) is 1. The van der Waals surface area contributed by atoms with Gasteiger partial charge in [-0.3, -0.25) is 0 Å². The van der Waals surface area contributed by atoms with E-state index in [-0.39, 0.29) is 6.10 Å². The molecule has 1 aromatic rings. The molecule has 0 fully saturated rings. The highest BCUT2D eigenvalue weighted by Crippen LogP contribution is 2.13. The third-order valence-electron chi connectivity index (χ3n) is 2.34. The third kappa shape index (κ3) is 3.66. The highest BCUT2D eigenvalue weighted by atomic mass is 16.5. The Balaban J connectivity index is 2.80. The minimum absolute atomic E-state index is 0.173. The summed E-state index contributed by atoms with van der Waals surface area (Å²) in [5.41, 5.74) is 2.23. The molecule has 0 amide bonds. The van der Waals surface area contributed by atoms with Gasteiger partial charge in [-0.05, 0) is 24.5 Å². The zero-order valence-electron chi connectivity index (χ0n) is 9.06. The Labute approximate surface area is 89.8 Å². The van der Waals surface area contributed by atoms with Crippen molar-refractivity contribution >= 4 is 6.08 Å². The summed E-state index contributed by atoms with van der Waals surface area (Å²) in [4.78, 5) is 13.6. The third-order valence-corrected chi connectivity index (χ3v) is 2.34. The summed E-state index contributed by atoms with van der Waals surface area (Å²) >= 11 is 0. The van der Waals surface area contributed by atoms with Crippen LogP contribution in [0.25, 0.3) is 0 Å². The molecule has 1 aromatic carbocycles. The van der Waals surface area contributed by atoms with E-state index in [1.807, 2.05) is 31.2 Å². The summed E-state index contributed by atoms with van der Waals surface area (Å²) in [5.74, 6) is 0. The van der Waals surface area contributed by atoms with E-state index in [0.717, 1.165) is 12.0 Å². The monoisotopic (exact) mass is 205 g/mol. The van der Waals surface area contributed by atoms with Gasteiger partial charge in [0, 0.05) is 7.11 Å². The van der Waals surface area contributed by atoms with Gasteiger partial charge in [0.25, 0.3) is 0 Å². The van der Waals surface area contributed by atoms with Crippen molar-refractivity contribution in [2.24, 2.45) is 4.99 Å². The van der Waals surface area contributed by atoms with Crippen LogP contribution in [0.4, 0.5) is 0 Å². The Morgan fingerprint density at radius 3 is 2.67 bits per heavy atom. The fourth-order valence-electron chi connectivity index (χ4n) is 1.42. The van der Waals surface area contributed by atoms with Crippen molar-refractivity contribution in [3.63, 3.8) is 0 Å². The molecular formula is C12H15NO2. The van der Waals surface area contributed by atoms with Gasteiger partial charge >= 0.3 is 0 Å². The standard InChI is InChI=1S/C12H15NO2/c1-10(15-2)7-11-5-3-4-6-12(11)8-13-9-14/h3-6,10H,7-8H2,1-2H3. The second-order valence-corrected chi connectivity index (χ2v) is 3.43. The molecule has 0 saturated heterocycles. The Bertz CT molecular complexity index is 356. The summed E-state index contributed by atoms with van der Waals surface area (Å²) in [6, 6.07) is 7.92.